The molecule has 0 saturated carbocycles. The van der Waals surface area contributed by atoms with E-state index in [-0.39, 0.29) is 0 Å². The van der Waals surface area contributed by atoms with E-state index in [0.29, 0.717) is 18.2 Å². The summed E-state index contributed by atoms with van der Waals surface area (Å²) in [6, 6.07) is 23.2. The monoisotopic (exact) mass is 436 g/mol. The molecule has 0 aliphatic rings. The fourth-order valence-electron chi connectivity index (χ4n) is 3.42. The van der Waals surface area contributed by atoms with Crippen LogP contribution >= 0.6 is 11.6 Å². The number of nitrogens with zero attached hydrogens (tertiary/aromatic N) is 2. The van der Waals surface area contributed by atoms with E-state index in [0.717, 1.165) is 53.5 Å². The number of aromatic nitrogens is 2. The maximum Gasteiger partial charge on any atom is 0.147 e. The van der Waals surface area contributed by atoms with Crippen molar-refractivity contribution in [1.29, 1.82) is 0 Å². The summed E-state index contributed by atoms with van der Waals surface area (Å²) in [6.45, 7) is 1.90. The summed E-state index contributed by atoms with van der Waals surface area (Å²) < 4.78 is 19.3. The quantitative estimate of drug-likeness (QED) is 0.280. The van der Waals surface area contributed by atoms with Gasteiger partial charge in [0.2, 0.25) is 0 Å². The molecule has 0 atom stereocenters. The normalized spacial score (nSPS) is 10.9. The SMILES string of the molecule is COc1cccc(OCc2nc3ccccc3n2CCCCOc2ccc(Cl)cc2)c1. The summed E-state index contributed by atoms with van der Waals surface area (Å²) in [5.74, 6) is 3.27. The zero-order valence-corrected chi connectivity index (χ0v) is 18.2. The number of methoxy groups -OCH3 is 1. The molecule has 3 aromatic carbocycles. The molecule has 1 heterocycles. The Morgan fingerprint density at radius 2 is 1.65 bits per heavy atom. The lowest BCUT2D eigenvalue weighted by Gasteiger charge is -2.11. The smallest absolute Gasteiger partial charge is 0.147 e. The Labute approximate surface area is 187 Å². The number of ether oxygens (including phenoxy) is 3. The number of hydrogen-bond acceptors (Lipinski definition) is 4. The Morgan fingerprint density at radius 1 is 0.839 bits per heavy atom. The molecule has 0 saturated heterocycles. The molecule has 160 valence electrons. The summed E-state index contributed by atoms with van der Waals surface area (Å²) in [7, 11) is 1.65. The highest BCUT2D eigenvalue weighted by atomic mass is 35.5. The second kappa shape index (κ2) is 10.2. The van der Waals surface area contributed by atoms with E-state index in [1.54, 1.807) is 7.11 Å². The number of unbranched alkanes of at least 4 members (excludes halogenated alkanes) is 1. The Kier molecular flexibility index (Phi) is 6.95. The molecule has 0 unspecified atom stereocenters. The minimum Gasteiger partial charge on any atom is -0.497 e. The zero-order valence-electron chi connectivity index (χ0n) is 17.5. The highest BCUT2D eigenvalue weighted by Crippen LogP contribution is 2.22. The Bertz CT molecular complexity index is 1130. The highest BCUT2D eigenvalue weighted by molar-refractivity contribution is 6.30. The number of fused-ring (bicyclic) bond motifs is 1. The molecule has 4 rings (SSSR count). The van der Waals surface area contributed by atoms with Gasteiger partial charge in [0.1, 0.15) is 29.7 Å². The Morgan fingerprint density at radius 3 is 2.48 bits per heavy atom. The molecule has 0 amide bonds. The summed E-state index contributed by atoms with van der Waals surface area (Å²) in [4.78, 5) is 4.79. The third-order valence-corrected chi connectivity index (χ3v) is 5.25. The van der Waals surface area contributed by atoms with E-state index in [4.69, 9.17) is 30.8 Å². The molecule has 0 spiro atoms. The van der Waals surface area contributed by atoms with Gasteiger partial charge in [-0.05, 0) is 61.4 Å². The van der Waals surface area contributed by atoms with Crippen molar-refractivity contribution in [1.82, 2.24) is 9.55 Å². The fraction of sp³-hybridized carbons (Fsp3) is 0.240. The maximum atomic E-state index is 6.00. The third-order valence-electron chi connectivity index (χ3n) is 5.00. The van der Waals surface area contributed by atoms with E-state index >= 15 is 0 Å². The van der Waals surface area contributed by atoms with Gasteiger partial charge in [0.05, 0.1) is 24.8 Å². The fourth-order valence-corrected chi connectivity index (χ4v) is 3.54. The minimum absolute atomic E-state index is 0.392. The predicted molar refractivity (Wildman–Crippen MR) is 123 cm³/mol. The predicted octanol–water partition coefficient (Wildman–Crippen LogP) is 6.14. The first-order valence-corrected chi connectivity index (χ1v) is 10.7. The first kappa shape index (κ1) is 21.1. The van der Waals surface area contributed by atoms with Gasteiger partial charge >= 0.3 is 0 Å². The van der Waals surface area contributed by atoms with Crippen molar-refractivity contribution in [3.63, 3.8) is 0 Å². The number of para-hydroxylation sites is 2. The maximum absolute atomic E-state index is 6.00. The van der Waals surface area contributed by atoms with Gasteiger partial charge in [0.25, 0.3) is 0 Å². The molecular formula is C25H25ClN2O3. The molecule has 5 nitrogen and oxygen atoms in total. The number of halogens is 1. The van der Waals surface area contributed by atoms with Crippen molar-refractivity contribution in [3.8, 4) is 17.2 Å². The molecule has 6 heteroatoms. The lowest BCUT2D eigenvalue weighted by molar-refractivity contribution is 0.283. The zero-order chi connectivity index (χ0) is 21.5. The third kappa shape index (κ3) is 5.50. The molecular weight excluding hydrogens is 412 g/mol. The van der Waals surface area contributed by atoms with Gasteiger partial charge in [0.15, 0.2) is 0 Å². The van der Waals surface area contributed by atoms with Crippen LogP contribution in [-0.2, 0) is 13.2 Å². The molecule has 0 fully saturated rings. The molecule has 4 aromatic rings. The minimum atomic E-state index is 0.392. The largest absolute Gasteiger partial charge is 0.497 e. The van der Waals surface area contributed by atoms with Gasteiger partial charge in [-0.25, -0.2) is 4.98 Å². The average molecular weight is 437 g/mol. The lowest BCUT2D eigenvalue weighted by Crippen LogP contribution is -2.09. The van der Waals surface area contributed by atoms with Gasteiger partial charge in [-0.3, -0.25) is 0 Å². The summed E-state index contributed by atoms with van der Waals surface area (Å²) in [5, 5.41) is 0.711. The van der Waals surface area contributed by atoms with Crippen LogP contribution in [0, 0.1) is 0 Å². The van der Waals surface area contributed by atoms with Crippen LogP contribution in [0.1, 0.15) is 18.7 Å². The van der Waals surface area contributed by atoms with Crippen LogP contribution in [0.3, 0.4) is 0 Å². The van der Waals surface area contributed by atoms with Crippen molar-refractivity contribution in [2.45, 2.75) is 26.0 Å². The molecule has 31 heavy (non-hydrogen) atoms. The van der Waals surface area contributed by atoms with E-state index in [1.165, 1.54) is 0 Å². The van der Waals surface area contributed by atoms with Crippen LogP contribution in [-0.4, -0.2) is 23.3 Å². The standard InChI is InChI=1S/C25H25ClN2O3/c1-29-21-7-6-8-22(17-21)31-18-25-27-23-9-2-3-10-24(23)28(25)15-4-5-16-30-20-13-11-19(26)12-14-20/h2-3,6-14,17H,4-5,15-16,18H2,1H3. The number of rotatable bonds is 10. The summed E-state index contributed by atoms with van der Waals surface area (Å²) in [5.41, 5.74) is 2.09. The number of aryl methyl sites for hydroxylation is 1. The molecule has 0 bridgehead atoms. The van der Waals surface area contributed by atoms with E-state index < -0.39 is 0 Å². The van der Waals surface area contributed by atoms with Crippen molar-refractivity contribution in [3.05, 3.63) is 83.6 Å². The van der Waals surface area contributed by atoms with E-state index in [1.807, 2.05) is 66.7 Å². The lowest BCUT2D eigenvalue weighted by atomic mass is 10.3. The van der Waals surface area contributed by atoms with Crippen LogP contribution in [0.4, 0.5) is 0 Å². The Hall–Kier alpha value is -3.18. The van der Waals surface area contributed by atoms with Crippen LogP contribution in [0.15, 0.2) is 72.8 Å². The number of benzene rings is 3. The first-order chi connectivity index (χ1) is 15.2. The number of hydrogen-bond donors (Lipinski definition) is 0. The molecule has 1 aromatic heterocycles. The topological polar surface area (TPSA) is 45.5 Å². The average Bonchev–Trinajstić information content (AvgIpc) is 3.16. The van der Waals surface area contributed by atoms with Crippen LogP contribution in [0.2, 0.25) is 5.02 Å². The van der Waals surface area contributed by atoms with Crippen LogP contribution in [0.5, 0.6) is 17.2 Å². The summed E-state index contributed by atoms with van der Waals surface area (Å²) in [6.07, 6.45) is 1.91. The van der Waals surface area contributed by atoms with Gasteiger partial charge in [-0.15, -0.1) is 0 Å². The second-order valence-corrected chi connectivity index (χ2v) is 7.58. The van der Waals surface area contributed by atoms with Crippen molar-refractivity contribution in [2.75, 3.05) is 13.7 Å². The van der Waals surface area contributed by atoms with Gasteiger partial charge < -0.3 is 18.8 Å². The van der Waals surface area contributed by atoms with E-state index in [9.17, 15) is 0 Å². The first-order valence-electron chi connectivity index (χ1n) is 10.3. The van der Waals surface area contributed by atoms with Crippen molar-refractivity contribution in [2.24, 2.45) is 0 Å². The highest BCUT2D eigenvalue weighted by Gasteiger charge is 2.11. The van der Waals surface area contributed by atoms with Gasteiger partial charge in [-0.2, -0.15) is 0 Å². The van der Waals surface area contributed by atoms with Crippen LogP contribution < -0.4 is 14.2 Å². The van der Waals surface area contributed by atoms with Gasteiger partial charge in [0, 0.05) is 17.6 Å². The number of imidazole rings is 1. The molecule has 0 aliphatic heterocycles. The van der Waals surface area contributed by atoms with Crippen molar-refractivity contribution >= 4 is 22.6 Å². The second-order valence-electron chi connectivity index (χ2n) is 7.15. The van der Waals surface area contributed by atoms with Crippen LogP contribution in [0.25, 0.3) is 11.0 Å². The molecule has 0 aliphatic carbocycles. The van der Waals surface area contributed by atoms with Gasteiger partial charge in [-0.1, -0.05) is 29.8 Å². The summed E-state index contributed by atoms with van der Waals surface area (Å²) >= 11 is 5.91. The molecule has 0 radical (unpaired) electrons. The van der Waals surface area contributed by atoms with Crippen molar-refractivity contribution < 1.29 is 14.2 Å². The Balaban J connectivity index is 1.38. The van der Waals surface area contributed by atoms with E-state index in [2.05, 4.69) is 10.6 Å². The molecule has 0 N–H and O–H groups in total.